The molecule has 37 heavy (non-hydrogen) atoms. The topological polar surface area (TPSA) is 192 Å². The van der Waals surface area contributed by atoms with Crippen molar-refractivity contribution in [1.82, 2.24) is 14.8 Å². The predicted molar refractivity (Wildman–Crippen MR) is 143 cm³/mol. The summed E-state index contributed by atoms with van der Waals surface area (Å²) in [5, 5.41) is 15.5. The number of hydrogen-bond acceptors (Lipinski definition) is 9. The summed E-state index contributed by atoms with van der Waals surface area (Å²) in [5.74, 6) is 1.46. The molecule has 0 saturated heterocycles. The fourth-order valence-electron chi connectivity index (χ4n) is 3.72. The van der Waals surface area contributed by atoms with Gasteiger partial charge in [-0.25, -0.2) is 4.79 Å². The van der Waals surface area contributed by atoms with E-state index in [9.17, 15) is 4.79 Å². The molecule has 0 bridgehead atoms. The maximum absolute atomic E-state index is 12.7. The van der Waals surface area contributed by atoms with E-state index in [2.05, 4.69) is 15.4 Å². The van der Waals surface area contributed by atoms with Gasteiger partial charge in [-0.1, -0.05) is 0 Å². The Morgan fingerprint density at radius 2 is 1.92 bits per heavy atom. The molecule has 12 nitrogen and oxygen atoms in total. The van der Waals surface area contributed by atoms with Gasteiger partial charge in [0.25, 0.3) is 0 Å². The van der Waals surface area contributed by atoms with E-state index in [4.69, 9.17) is 36.8 Å². The Kier molecular flexibility index (Phi) is 8.95. The first-order valence-corrected chi connectivity index (χ1v) is 11.3. The zero-order valence-electron chi connectivity index (χ0n) is 20.9. The number of anilines is 1. The highest BCUT2D eigenvalue weighted by molar-refractivity contribution is 5.95. The van der Waals surface area contributed by atoms with Gasteiger partial charge in [0.05, 0.1) is 20.8 Å². The second-order valence-electron chi connectivity index (χ2n) is 7.93. The summed E-state index contributed by atoms with van der Waals surface area (Å²) in [6, 6.07) is 10.1. The van der Waals surface area contributed by atoms with Gasteiger partial charge >= 0.3 is 5.69 Å². The normalized spacial score (nSPS) is 12.5. The second kappa shape index (κ2) is 12.3. The number of rotatable bonds is 12. The Balaban J connectivity index is 2.16. The summed E-state index contributed by atoms with van der Waals surface area (Å²) >= 11 is 0. The van der Waals surface area contributed by atoms with Crippen LogP contribution in [0.15, 0.2) is 59.5 Å². The number of nitrogens with zero attached hydrogens (tertiary/aromatic N) is 2. The van der Waals surface area contributed by atoms with E-state index in [1.54, 1.807) is 45.6 Å². The number of nitrogens with two attached hydrogens (primary N) is 3. The molecule has 0 fully saturated rings. The Morgan fingerprint density at radius 1 is 1.19 bits per heavy atom. The van der Waals surface area contributed by atoms with Crippen molar-refractivity contribution in [3.05, 3.63) is 87.7 Å². The average molecular weight is 509 g/mol. The lowest BCUT2D eigenvalue weighted by atomic mass is 9.99. The number of amidine groups is 1. The number of allylic oxidation sites excluding steroid dienone is 2. The lowest BCUT2D eigenvalue weighted by Crippen LogP contribution is -2.21. The first-order valence-electron chi connectivity index (χ1n) is 11.3. The van der Waals surface area contributed by atoms with Gasteiger partial charge in [0, 0.05) is 23.9 Å². The second-order valence-corrected chi connectivity index (χ2v) is 7.93. The largest absolute Gasteiger partial charge is 0.493 e. The number of H-pyrrole nitrogens is 1. The highest BCUT2D eigenvalue weighted by atomic mass is 16.5. The SMILES string of the molecule is COCCc1cc(C(Nc2ccc(C(=N)N)cc2)c2nn(/C(N)=C/C=C\N)c(=O)[nH]2)cc(OC)c1OC. The first kappa shape index (κ1) is 26.9. The number of hydrogen-bond donors (Lipinski definition) is 6. The summed E-state index contributed by atoms with van der Waals surface area (Å²) in [4.78, 5) is 15.5. The van der Waals surface area contributed by atoms with E-state index in [1.165, 1.54) is 18.4 Å². The third kappa shape index (κ3) is 6.30. The molecule has 0 amide bonds. The number of aromatic nitrogens is 3. The number of ether oxygens (including phenoxy) is 3. The molecule has 1 aromatic heterocycles. The number of aromatic amines is 1. The van der Waals surface area contributed by atoms with Crippen LogP contribution < -0.4 is 37.7 Å². The Bertz CT molecular complexity index is 1340. The third-order valence-electron chi connectivity index (χ3n) is 5.53. The van der Waals surface area contributed by atoms with Crippen LogP contribution in [0.25, 0.3) is 5.82 Å². The van der Waals surface area contributed by atoms with E-state index in [-0.39, 0.29) is 11.7 Å². The van der Waals surface area contributed by atoms with Crippen molar-refractivity contribution in [3.63, 3.8) is 0 Å². The molecular formula is C25H32N8O4. The summed E-state index contributed by atoms with van der Waals surface area (Å²) < 4.78 is 17.5. The smallest absolute Gasteiger partial charge is 0.349 e. The molecule has 1 unspecified atom stereocenters. The van der Waals surface area contributed by atoms with Gasteiger partial charge in [-0.05, 0) is 66.7 Å². The fraction of sp³-hybridized carbons (Fsp3) is 0.240. The fourth-order valence-corrected chi connectivity index (χ4v) is 3.72. The van der Waals surface area contributed by atoms with Gasteiger partial charge in [0.2, 0.25) is 0 Å². The van der Waals surface area contributed by atoms with Crippen LogP contribution in [0.1, 0.15) is 28.6 Å². The van der Waals surface area contributed by atoms with Crippen molar-refractivity contribution in [1.29, 1.82) is 5.41 Å². The van der Waals surface area contributed by atoms with Crippen LogP contribution in [0.3, 0.4) is 0 Å². The molecule has 0 saturated carbocycles. The molecule has 0 aliphatic rings. The Morgan fingerprint density at radius 3 is 2.51 bits per heavy atom. The molecule has 12 heteroatoms. The Labute approximate surface area is 214 Å². The van der Waals surface area contributed by atoms with E-state index >= 15 is 0 Å². The zero-order valence-corrected chi connectivity index (χ0v) is 20.9. The Hall–Kier alpha value is -4.71. The van der Waals surface area contributed by atoms with Crippen molar-refractivity contribution >= 4 is 17.3 Å². The zero-order chi connectivity index (χ0) is 26.9. The molecule has 2 aromatic carbocycles. The molecule has 0 spiro atoms. The van der Waals surface area contributed by atoms with E-state index in [0.29, 0.717) is 41.6 Å². The van der Waals surface area contributed by atoms with Gasteiger partial charge in [-0.2, -0.15) is 4.68 Å². The molecule has 0 aliphatic carbocycles. The summed E-state index contributed by atoms with van der Waals surface area (Å²) in [6.45, 7) is 0.467. The molecular weight excluding hydrogens is 476 g/mol. The quantitative estimate of drug-likeness (QED) is 0.119. The maximum atomic E-state index is 12.7. The highest BCUT2D eigenvalue weighted by Crippen LogP contribution is 2.37. The minimum Gasteiger partial charge on any atom is -0.493 e. The molecule has 1 atom stereocenters. The van der Waals surface area contributed by atoms with Crippen molar-refractivity contribution in [2.45, 2.75) is 12.5 Å². The van der Waals surface area contributed by atoms with Gasteiger partial charge in [0.1, 0.15) is 17.7 Å². The molecule has 0 aliphatic heterocycles. The minimum atomic E-state index is -0.629. The van der Waals surface area contributed by atoms with Crippen LogP contribution >= 0.6 is 0 Å². The monoisotopic (exact) mass is 508 g/mol. The molecule has 196 valence electrons. The standard InChI is InChI=1S/C25H32N8O4/c1-35-12-10-16-13-17(14-19(36-2)22(16)37-3)21(30-18-8-6-15(7-9-18)23(28)29)24-31-25(34)33(32-24)20(27)5-4-11-26/h4-9,11,13-14,21,30H,10,12,26-27H2,1-3H3,(H3,28,29)(H,31,32,34)/b11-4-,20-5+. The molecule has 0 radical (unpaired) electrons. The number of benzene rings is 2. The lowest BCUT2D eigenvalue weighted by molar-refractivity contribution is 0.201. The average Bonchev–Trinajstić information content (AvgIpc) is 3.29. The number of nitrogens with one attached hydrogen (secondary N) is 3. The van der Waals surface area contributed by atoms with Crippen LogP contribution in [0.4, 0.5) is 5.69 Å². The first-order chi connectivity index (χ1) is 17.8. The minimum absolute atomic E-state index is 0.0392. The van der Waals surface area contributed by atoms with E-state index in [0.717, 1.165) is 15.8 Å². The van der Waals surface area contributed by atoms with Gasteiger partial charge in [-0.3, -0.25) is 10.4 Å². The van der Waals surface area contributed by atoms with E-state index in [1.807, 2.05) is 12.1 Å². The molecule has 1 heterocycles. The maximum Gasteiger partial charge on any atom is 0.349 e. The van der Waals surface area contributed by atoms with Crippen molar-refractivity contribution in [2.24, 2.45) is 17.2 Å². The third-order valence-corrected chi connectivity index (χ3v) is 5.53. The van der Waals surface area contributed by atoms with Crippen LogP contribution in [-0.4, -0.2) is 48.5 Å². The van der Waals surface area contributed by atoms with E-state index < -0.39 is 11.7 Å². The summed E-state index contributed by atoms with van der Waals surface area (Å²) in [6.07, 6.45) is 4.83. The van der Waals surface area contributed by atoms with Crippen LogP contribution in [-0.2, 0) is 11.2 Å². The number of methoxy groups -OCH3 is 3. The molecule has 3 rings (SSSR count). The van der Waals surface area contributed by atoms with Crippen molar-refractivity contribution < 1.29 is 14.2 Å². The van der Waals surface area contributed by atoms with Gasteiger partial charge < -0.3 is 36.7 Å². The molecule has 9 N–H and O–H groups in total. The molecule has 3 aromatic rings. The van der Waals surface area contributed by atoms with Crippen LogP contribution in [0, 0.1) is 5.41 Å². The van der Waals surface area contributed by atoms with Crippen LogP contribution in [0.2, 0.25) is 0 Å². The predicted octanol–water partition coefficient (Wildman–Crippen LogP) is 1.49. The summed E-state index contributed by atoms with van der Waals surface area (Å²) in [5.41, 5.74) is 19.4. The van der Waals surface area contributed by atoms with Crippen molar-refractivity contribution in [3.8, 4) is 11.5 Å². The van der Waals surface area contributed by atoms with Crippen molar-refractivity contribution in [2.75, 3.05) is 33.3 Å². The van der Waals surface area contributed by atoms with Gasteiger partial charge in [0.15, 0.2) is 17.3 Å². The summed E-state index contributed by atoms with van der Waals surface area (Å²) in [7, 11) is 4.75. The van der Waals surface area contributed by atoms with Gasteiger partial charge in [-0.15, -0.1) is 5.10 Å². The number of nitrogen functional groups attached to an aromatic ring is 1. The van der Waals surface area contributed by atoms with Crippen LogP contribution in [0.5, 0.6) is 11.5 Å². The highest BCUT2D eigenvalue weighted by Gasteiger charge is 2.24. The lowest BCUT2D eigenvalue weighted by Gasteiger charge is -2.22.